The second-order valence-electron chi connectivity index (χ2n) is 4.40. The van der Waals surface area contributed by atoms with Crippen LogP contribution < -0.4 is 5.32 Å². The number of carbonyl (C=O) groups excluding carboxylic acids is 1. The molecule has 1 heterocycles. The van der Waals surface area contributed by atoms with Crippen LogP contribution in [0.2, 0.25) is 0 Å². The lowest BCUT2D eigenvalue weighted by molar-refractivity contribution is -0.136. The molecule has 1 saturated heterocycles. The number of amides is 1. The second-order valence-corrected chi connectivity index (χ2v) is 7.11. The number of hydrogen-bond acceptors (Lipinski definition) is 5. The highest BCUT2D eigenvalue weighted by Gasteiger charge is 2.28. The molecule has 19 heavy (non-hydrogen) atoms. The molecule has 110 valence electrons. The van der Waals surface area contributed by atoms with E-state index in [-0.39, 0.29) is 24.3 Å². The van der Waals surface area contributed by atoms with Gasteiger partial charge in [-0.25, -0.2) is 0 Å². The quantitative estimate of drug-likeness (QED) is 0.526. The number of rotatable bonds is 8. The van der Waals surface area contributed by atoms with Crippen LogP contribution in [0.3, 0.4) is 0 Å². The first-order chi connectivity index (χ1) is 9.11. The van der Waals surface area contributed by atoms with Crippen molar-refractivity contribution in [1.29, 1.82) is 0 Å². The van der Waals surface area contributed by atoms with Gasteiger partial charge in [-0.15, -0.1) is 0 Å². The van der Waals surface area contributed by atoms with Gasteiger partial charge in [-0.1, -0.05) is 21.6 Å². The van der Waals surface area contributed by atoms with Crippen LogP contribution in [0.5, 0.6) is 0 Å². The normalized spacial score (nSPS) is 23.0. The molecule has 2 unspecified atom stereocenters. The van der Waals surface area contributed by atoms with Gasteiger partial charge in [0.2, 0.25) is 5.91 Å². The molecule has 1 rings (SSSR count). The Kier molecular flexibility index (Phi) is 8.32. The molecule has 0 saturated carbocycles. The van der Waals surface area contributed by atoms with E-state index in [4.69, 9.17) is 9.84 Å². The molecule has 0 aromatic heterocycles. The maximum Gasteiger partial charge on any atom is 0.304 e. The Hall–Kier alpha value is -0.400. The van der Waals surface area contributed by atoms with Crippen molar-refractivity contribution in [1.82, 2.24) is 5.32 Å². The molecule has 5 nitrogen and oxygen atoms in total. The van der Waals surface area contributed by atoms with Crippen molar-refractivity contribution in [3.05, 3.63) is 0 Å². The Morgan fingerprint density at radius 3 is 2.79 bits per heavy atom. The van der Waals surface area contributed by atoms with Crippen LogP contribution in [0, 0.1) is 5.92 Å². The fraction of sp³-hybridized carbons (Fsp3) is 0.833. The topological polar surface area (TPSA) is 75.6 Å². The maximum atomic E-state index is 11.9. The SMILES string of the molecule is CC1OCCCC1C(=O)NCCSSCCC(=O)O. The average molecular weight is 307 g/mol. The molecular weight excluding hydrogens is 286 g/mol. The Labute approximate surface area is 121 Å². The minimum absolute atomic E-state index is 0.00587. The molecule has 0 radical (unpaired) electrons. The number of aliphatic carboxylic acids is 1. The van der Waals surface area contributed by atoms with E-state index >= 15 is 0 Å². The predicted octanol–water partition coefficient (Wildman–Crippen LogP) is 1.77. The molecule has 0 bridgehead atoms. The Morgan fingerprint density at radius 1 is 1.37 bits per heavy atom. The van der Waals surface area contributed by atoms with Gasteiger partial charge < -0.3 is 15.2 Å². The summed E-state index contributed by atoms with van der Waals surface area (Å²) in [7, 11) is 3.12. The fourth-order valence-corrected chi connectivity index (χ4v) is 3.75. The summed E-state index contributed by atoms with van der Waals surface area (Å²) in [4.78, 5) is 22.2. The highest BCUT2D eigenvalue weighted by Crippen LogP contribution is 2.22. The zero-order chi connectivity index (χ0) is 14.1. The summed E-state index contributed by atoms with van der Waals surface area (Å²) < 4.78 is 5.47. The highest BCUT2D eigenvalue weighted by molar-refractivity contribution is 8.76. The van der Waals surface area contributed by atoms with Crippen molar-refractivity contribution in [2.45, 2.75) is 32.3 Å². The van der Waals surface area contributed by atoms with Gasteiger partial charge in [0.1, 0.15) is 0 Å². The molecule has 0 aromatic carbocycles. The summed E-state index contributed by atoms with van der Waals surface area (Å²) in [5.74, 6) is 0.661. The minimum Gasteiger partial charge on any atom is -0.481 e. The van der Waals surface area contributed by atoms with Gasteiger partial charge >= 0.3 is 5.97 Å². The molecule has 0 spiro atoms. The molecular formula is C12H21NO4S2. The van der Waals surface area contributed by atoms with Crippen LogP contribution >= 0.6 is 21.6 Å². The lowest BCUT2D eigenvalue weighted by Crippen LogP contribution is -2.40. The van der Waals surface area contributed by atoms with Crippen molar-refractivity contribution < 1.29 is 19.4 Å². The first-order valence-corrected chi connectivity index (χ1v) is 8.95. The van der Waals surface area contributed by atoms with E-state index in [1.807, 2.05) is 6.92 Å². The van der Waals surface area contributed by atoms with Gasteiger partial charge in [-0.2, -0.15) is 0 Å². The minimum atomic E-state index is -0.771. The zero-order valence-corrected chi connectivity index (χ0v) is 12.7. The van der Waals surface area contributed by atoms with Crippen LogP contribution in [-0.2, 0) is 14.3 Å². The lowest BCUT2D eigenvalue weighted by Gasteiger charge is -2.27. The molecule has 2 atom stereocenters. The Bertz CT molecular complexity index is 301. The molecule has 2 N–H and O–H groups in total. The largest absolute Gasteiger partial charge is 0.481 e. The first kappa shape index (κ1) is 16.7. The fourth-order valence-electron chi connectivity index (χ4n) is 1.86. The van der Waals surface area contributed by atoms with E-state index in [1.165, 1.54) is 10.8 Å². The smallest absolute Gasteiger partial charge is 0.304 e. The summed E-state index contributed by atoms with van der Waals surface area (Å²) in [6, 6.07) is 0. The van der Waals surface area contributed by atoms with Gasteiger partial charge in [0.05, 0.1) is 18.4 Å². The summed E-state index contributed by atoms with van der Waals surface area (Å²) in [5.41, 5.74) is 0. The van der Waals surface area contributed by atoms with Crippen molar-refractivity contribution in [2.75, 3.05) is 24.7 Å². The van der Waals surface area contributed by atoms with E-state index in [1.54, 1.807) is 10.8 Å². The average Bonchev–Trinajstić information content (AvgIpc) is 2.37. The zero-order valence-electron chi connectivity index (χ0n) is 11.1. The number of nitrogens with one attached hydrogen (secondary N) is 1. The standard InChI is InChI=1S/C12H21NO4S2/c1-9-10(3-2-6-17-9)12(16)13-5-8-19-18-7-4-11(14)15/h9-10H,2-8H2,1H3,(H,13,16)(H,14,15). The van der Waals surface area contributed by atoms with Crippen LogP contribution in [0.25, 0.3) is 0 Å². The Morgan fingerprint density at radius 2 is 2.11 bits per heavy atom. The van der Waals surface area contributed by atoms with Crippen molar-refractivity contribution in [3.8, 4) is 0 Å². The van der Waals surface area contributed by atoms with Crippen molar-refractivity contribution >= 4 is 33.5 Å². The molecule has 1 aliphatic heterocycles. The maximum absolute atomic E-state index is 11.9. The monoisotopic (exact) mass is 307 g/mol. The molecule has 0 aromatic rings. The number of hydrogen-bond donors (Lipinski definition) is 2. The highest BCUT2D eigenvalue weighted by atomic mass is 33.1. The van der Waals surface area contributed by atoms with Gasteiger partial charge in [-0.3, -0.25) is 9.59 Å². The van der Waals surface area contributed by atoms with E-state index in [9.17, 15) is 9.59 Å². The van der Waals surface area contributed by atoms with Crippen molar-refractivity contribution in [3.63, 3.8) is 0 Å². The third-order valence-corrected chi connectivity index (χ3v) is 5.32. The number of carboxylic acids is 1. The lowest BCUT2D eigenvalue weighted by atomic mass is 9.94. The summed E-state index contributed by atoms with van der Waals surface area (Å²) in [6.07, 6.45) is 2.03. The van der Waals surface area contributed by atoms with Gasteiger partial charge in [0.15, 0.2) is 0 Å². The molecule has 0 aliphatic carbocycles. The van der Waals surface area contributed by atoms with E-state index in [2.05, 4.69) is 5.32 Å². The van der Waals surface area contributed by atoms with Gasteiger partial charge in [0, 0.05) is 24.7 Å². The predicted molar refractivity (Wildman–Crippen MR) is 78.3 cm³/mol. The molecule has 7 heteroatoms. The summed E-state index contributed by atoms with van der Waals surface area (Å²) in [6.45, 7) is 3.31. The van der Waals surface area contributed by atoms with E-state index in [0.717, 1.165) is 25.2 Å². The number of ether oxygens (including phenoxy) is 1. The number of carboxylic acid groups (broad SMARTS) is 1. The van der Waals surface area contributed by atoms with Crippen LogP contribution in [-0.4, -0.2) is 47.7 Å². The Balaban J connectivity index is 2.02. The van der Waals surface area contributed by atoms with Gasteiger partial charge in [0.25, 0.3) is 0 Å². The van der Waals surface area contributed by atoms with E-state index < -0.39 is 5.97 Å². The summed E-state index contributed by atoms with van der Waals surface area (Å²) >= 11 is 0. The third kappa shape index (κ3) is 7.08. The first-order valence-electron chi connectivity index (χ1n) is 6.46. The summed E-state index contributed by atoms with van der Waals surface area (Å²) in [5, 5.41) is 11.4. The van der Waals surface area contributed by atoms with Crippen LogP contribution in [0.1, 0.15) is 26.2 Å². The molecule has 1 aliphatic rings. The molecule has 1 fully saturated rings. The van der Waals surface area contributed by atoms with Crippen LogP contribution in [0.15, 0.2) is 0 Å². The van der Waals surface area contributed by atoms with Crippen molar-refractivity contribution in [2.24, 2.45) is 5.92 Å². The number of carbonyl (C=O) groups is 2. The third-order valence-electron chi connectivity index (χ3n) is 2.91. The van der Waals surface area contributed by atoms with Gasteiger partial charge in [-0.05, 0) is 19.8 Å². The van der Waals surface area contributed by atoms with E-state index in [0.29, 0.717) is 12.3 Å². The second kappa shape index (κ2) is 9.50. The van der Waals surface area contributed by atoms with Crippen LogP contribution in [0.4, 0.5) is 0 Å². The molecule has 1 amide bonds.